The number of unbranched alkanes of at least 4 members (excludes halogenated alkanes) is 1. The number of allylic oxidation sites excluding steroid dienone is 1. The van der Waals surface area contributed by atoms with Crippen molar-refractivity contribution in [3.63, 3.8) is 0 Å². The Kier molecular flexibility index (Phi) is 10.5. The molecule has 0 fully saturated rings. The highest BCUT2D eigenvalue weighted by Gasteiger charge is 2.16. The minimum Gasteiger partial charge on any atom is -0.463 e. The van der Waals surface area contributed by atoms with E-state index < -0.39 is 5.92 Å². The molecule has 2 aromatic rings. The summed E-state index contributed by atoms with van der Waals surface area (Å²) in [5.41, 5.74) is 3.47. The molecule has 1 heterocycles. The number of nitrogens with one attached hydrogen (secondary N) is 1. The Labute approximate surface area is 201 Å². The van der Waals surface area contributed by atoms with Crippen LogP contribution in [0.1, 0.15) is 58.1 Å². The molecule has 176 valence electrons. The average Bonchev–Trinajstić information content (AvgIpc) is 2.79. The van der Waals surface area contributed by atoms with Crippen LogP contribution in [0.3, 0.4) is 0 Å². The number of nitrogens with zero attached hydrogens (tertiary/aromatic N) is 4. The summed E-state index contributed by atoms with van der Waals surface area (Å²) in [6, 6.07) is 15.5. The largest absolute Gasteiger partial charge is 0.463 e. The van der Waals surface area contributed by atoms with Crippen molar-refractivity contribution in [1.82, 2.24) is 10.3 Å². The second-order valence-corrected chi connectivity index (χ2v) is 8.33. The molecule has 0 saturated heterocycles. The van der Waals surface area contributed by atoms with Gasteiger partial charge in [-0.3, -0.25) is 9.78 Å². The number of pyridine rings is 1. The van der Waals surface area contributed by atoms with Crippen LogP contribution in [0, 0.1) is 28.6 Å². The van der Waals surface area contributed by atoms with Gasteiger partial charge in [-0.05, 0) is 69.9 Å². The maximum atomic E-state index is 11.8. The van der Waals surface area contributed by atoms with Crippen molar-refractivity contribution in [1.29, 1.82) is 10.5 Å². The van der Waals surface area contributed by atoms with Gasteiger partial charge < -0.3 is 10.1 Å². The van der Waals surface area contributed by atoms with Gasteiger partial charge in [0.05, 0.1) is 23.9 Å². The molecule has 1 aromatic carbocycles. The summed E-state index contributed by atoms with van der Waals surface area (Å²) < 4.78 is 5.21. The highest BCUT2D eigenvalue weighted by molar-refractivity contribution is 5.91. The SMILES string of the molecule is CC(C)NC(=Nc1cccc(/C(=C\CCCC(=O)OC(C)C)c2cccnc2)c1)C(C#N)C#N. The molecule has 0 atom stereocenters. The Bertz CT molecular complexity index is 1080. The zero-order valence-corrected chi connectivity index (χ0v) is 20.2. The highest BCUT2D eigenvalue weighted by Crippen LogP contribution is 2.27. The first-order valence-electron chi connectivity index (χ1n) is 11.4. The average molecular weight is 458 g/mol. The Morgan fingerprint density at radius 2 is 1.88 bits per heavy atom. The topological polar surface area (TPSA) is 111 Å². The van der Waals surface area contributed by atoms with Crippen molar-refractivity contribution in [3.05, 3.63) is 66.0 Å². The van der Waals surface area contributed by atoms with Gasteiger partial charge in [0.1, 0.15) is 5.84 Å². The van der Waals surface area contributed by atoms with Gasteiger partial charge in [0.2, 0.25) is 0 Å². The van der Waals surface area contributed by atoms with Crippen molar-refractivity contribution in [2.75, 3.05) is 0 Å². The van der Waals surface area contributed by atoms with E-state index in [1.807, 2.05) is 76.2 Å². The lowest BCUT2D eigenvalue weighted by atomic mass is 9.97. The van der Waals surface area contributed by atoms with Crippen molar-refractivity contribution < 1.29 is 9.53 Å². The van der Waals surface area contributed by atoms with Crippen molar-refractivity contribution in [2.24, 2.45) is 10.9 Å². The minimum atomic E-state index is -0.981. The molecule has 0 amide bonds. The van der Waals surface area contributed by atoms with E-state index in [-0.39, 0.29) is 18.1 Å². The number of nitriles is 2. The Morgan fingerprint density at radius 3 is 2.50 bits per heavy atom. The summed E-state index contributed by atoms with van der Waals surface area (Å²) in [5, 5.41) is 21.8. The van der Waals surface area contributed by atoms with E-state index in [4.69, 9.17) is 4.74 Å². The molecule has 1 N–H and O–H groups in total. The number of aliphatic imine (C=N–C) groups is 1. The second kappa shape index (κ2) is 13.5. The van der Waals surface area contributed by atoms with E-state index in [0.717, 1.165) is 16.7 Å². The summed E-state index contributed by atoms with van der Waals surface area (Å²) in [6.45, 7) is 7.53. The van der Waals surface area contributed by atoms with Gasteiger partial charge in [0.15, 0.2) is 5.92 Å². The summed E-state index contributed by atoms with van der Waals surface area (Å²) in [7, 11) is 0. The number of esters is 1. The van der Waals surface area contributed by atoms with E-state index in [9.17, 15) is 15.3 Å². The molecule has 0 aliphatic carbocycles. The maximum absolute atomic E-state index is 11.8. The van der Waals surface area contributed by atoms with Crippen LogP contribution in [0.5, 0.6) is 0 Å². The molecule has 0 saturated carbocycles. The molecular formula is C27H31N5O2. The number of aromatic nitrogens is 1. The Morgan fingerprint density at radius 1 is 1.15 bits per heavy atom. The van der Waals surface area contributed by atoms with Crippen LogP contribution in [-0.2, 0) is 9.53 Å². The number of carbonyl (C=O) groups excluding carboxylic acids is 1. The lowest BCUT2D eigenvalue weighted by Crippen LogP contribution is -2.34. The summed E-state index contributed by atoms with van der Waals surface area (Å²) >= 11 is 0. The normalized spacial score (nSPS) is 11.9. The van der Waals surface area contributed by atoms with E-state index in [1.165, 1.54) is 0 Å². The van der Waals surface area contributed by atoms with Gasteiger partial charge in [0, 0.05) is 30.4 Å². The molecule has 0 unspecified atom stereocenters. The van der Waals surface area contributed by atoms with Gasteiger partial charge in [-0.1, -0.05) is 24.3 Å². The third kappa shape index (κ3) is 8.52. The minimum absolute atomic E-state index is 0.0272. The van der Waals surface area contributed by atoms with Crippen LogP contribution in [0.25, 0.3) is 5.57 Å². The molecule has 34 heavy (non-hydrogen) atoms. The molecule has 7 nitrogen and oxygen atoms in total. The van der Waals surface area contributed by atoms with Crippen LogP contribution >= 0.6 is 0 Å². The Hall–Kier alpha value is -3.97. The van der Waals surface area contributed by atoms with Crippen LogP contribution in [-0.4, -0.2) is 28.9 Å². The van der Waals surface area contributed by atoms with E-state index >= 15 is 0 Å². The fraction of sp³-hybridized carbons (Fsp3) is 0.370. The van der Waals surface area contributed by atoms with Crippen molar-refractivity contribution in [2.45, 2.75) is 59.1 Å². The number of carbonyl (C=O) groups is 1. The summed E-state index contributed by atoms with van der Waals surface area (Å²) in [6.07, 6.45) is 7.20. The third-order valence-corrected chi connectivity index (χ3v) is 4.65. The fourth-order valence-corrected chi connectivity index (χ4v) is 3.25. The number of hydrogen-bond donors (Lipinski definition) is 1. The maximum Gasteiger partial charge on any atom is 0.306 e. The highest BCUT2D eigenvalue weighted by atomic mass is 16.5. The number of benzene rings is 1. The molecule has 2 rings (SSSR count). The summed E-state index contributed by atoms with van der Waals surface area (Å²) in [5.74, 6) is -0.852. The predicted molar refractivity (Wildman–Crippen MR) is 133 cm³/mol. The van der Waals surface area contributed by atoms with E-state index in [0.29, 0.717) is 30.8 Å². The zero-order chi connectivity index (χ0) is 24.9. The molecule has 7 heteroatoms. The van der Waals surface area contributed by atoms with Crippen LogP contribution < -0.4 is 5.32 Å². The van der Waals surface area contributed by atoms with Crippen LogP contribution in [0.2, 0.25) is 0 Å². The molecule has 0 spiro atoms. The van der Waals surface area contributed by atoms with E-state index in [1.54, 1.807) is 12.4 Å². The standard InChI is InChI=1S/C27H31N5O2/c1-19(2)31-27(23(16-28)17-29)32-24-11-7-9-21(15-24)25(22-10-8-14-30-18-22)12-5-6-13-26(33)34-20(3)4/h7-12,14-15,18-20,23H,5-6,13H2,1-4H3,(H,31,32)/b25-12+. The van der Waals surface area contributed by atoms with Crippen molar-refractivity contribution in [3.8, 4) is 12.1 Å². The first-order chi connectivity index (χ1) is 16.3. The van der Waals surface area contributed by atoms with E-state index in [2.05, 4.69) is 21.4 Å². The molecule has 0 aliphatic heterocycles. The third-order valence-electron chi connectivity index (χ3n) is 4.65. The quantitative estimate of drug-likeness (QED) is 0.223. The predicted octanol–water partition coefficient (Wildman–Crippen LogP) is 5.33. The lowest BCUT2D eigenvalue weighted by molar-refractivity contribution is -0.147. The molecular weight excluding hydrogens is 426 g/mol. The molecule has 0 bridgehead atoms. The molecule has 1 aromatic heterocycles. The number of rotatable bonds is 10. The van der Waals surface area contributed by atoms with Crippen molar-refractivity contribution >= 4 is 23.1 Å². The fourth-order valence-electron chi connectivity index (χ4n) is 3.25. The van der Waals surface area contributed by atoms with Crippen LogP contribution in [0.15, 0.2) is 59.9 Å². The lowest BCUT2D eigenvalue weighted by Gasteiger charge is -2.14. The van der Waals surface area contributed by atoms with Gasteiger partial charge in [-0.2, -0.15) is 10.5 Å². The summed E-state index contributed by atoms with van der Waals surface area (Å²) in [4.78, 5) is 20.7. The molecule has 0 aliphatic rings. The monoisotopic (exact) mass is 457 g/mol. The first-order valence-corrected chi connectivity index (χ1v) is 11.4. The van der Waals surface area contributed by atoms with Crippen LogP contribution in [0.4, 0.5) is 5.69 Å². The smallest absolute Gasteiger partial charge is 0.306 e. The molecule has 0 radical (unpaired) electrons. The zero-order valence-electron chi connectivity index (χ0n) is 20.2. The second-order valence-electron chi connectivity index (χ2n) is 8.33. The van der Waals surface area contributed by atoms with Gasteiger partial charge in [0.25, 0.3) is 0 Å². The Balaban J connectivity index is 2.35. The van der Waals surface area contributed by atoms with Gasteiger partial charge in [-0.25, -0.2) is 4.99 Å². The number of ether oxygens (including phenoxy) is 1. The van der Waals surface area contributed by atoms with Gasteiger partial charge >= 0.3 is 5.97 Å². The first kappa shape index (κ1) is 26.3. The number of amidine groups is 1. The van der Waals surface area contributed by atoms with Gasteiger partial charge in [-0.15, -0.1) is 0 Å². The number of hydrogen-bond acceptors (Lipinski definition) is 6.